The molecule has 0 saturated heterocycles. The SMILES string of the molecule is Cc1cnc2c(c1)nc(CCCl)n2C1CCC(C)C(C)C1. The van der Waals surface area contributed by atoms with E-state index in [1.807, 2.05) is 6.20 Å². The van der Waals surface area contributed by atoms with Crippen molar-refractivity contribution in [1.29, 1.82) is 0 Å². The maximum atomic E-state index is 5.98. The van der Waals surface area contributed by atoms with Crippen LogP contribution in [0.2, 0.25) is 0 Å². The Labute approximate surface area is 131 Å². The van der Waals surface area contributed by atoms with Gasteiger partial charge in [0.25, 0.3) is 0 Å². The van der Waals surface area contributed by atoms with Gasteiger partial charge in [0.1, 0.15) is 11.3 Å². The van der Waals surface area contributed by atoms with E-state index < -0.39 is 0 Å². The molecule has 21 heavy (non-hydrogen) atoms. The van der Waals surface area contributed by atoms with E-state index in [-0.39, 0.29) is 0 Å². The molecule has 114 valence electrons. The molecule has 2 aromatic rings. The van der Waals surface area contributed by atoms with E-state index >= 15 is 0 Å². The van der Waals surface area contributed by atoms with Gasteiger partial charge < -0.3 is 4.57 Å². The third kappa shape index (κ3) is 2.80. The number of imidazole rings is 1. The molecule has 0 aromatic carbocycles. The van der Waals surface area contributed by atoms with E-state index in [9.17, 15) is 0 Å². The highest BCUT2D eigenvalue weighted by Crippen LogP contribution is 2.38. The number of rotatable bonds is 3. The molecule has 1 aliphatic carbocycles. The van der Waals surface area contributed by atoms with Crippen molar-refractivity contribution in [2.75, 3.05) is 5.88 Å². The summed E-state index contributed by atoms with van der Waals surface area (Å²) in [5.74, 6) is 3.30. The first-order valence-electron chi connectivity index (χ1n) is 7.99. The van der Waals surface area contributed by atoms with Crippen LogP contribution in [0.1, 0.15) is 50.5 Å². The van der Waals surface area contributed by atoms with Gasteiger partial charge in [0.05, 0.1) is 0 Å². The van der Waals surface area contributed by atoms with Crippen LogP contribution in [0.25, 0.3) is 11.2 Å². The second-order valence-electron chi connectivity index (χ2n) is 6.61. The van der Waals surface area contributed by atoms with E-state index in [1.54, 1.807) is 0 Å². The first-order chi connectivity index (χ1) is 10.1. The van der Waals surface area contributed by atoms with Gasteiger partial charge >= 0.3 is 0 Å². The highest BCUT2D eigenvalue weighted by atomic mass is 35.5. The maximum absolute atomic E-state index is 5.98. The van der Waals surface area contributed by atoms with E-state index in [0.717, 1.165) is 40.8 Å². The maximum Gasteiger partial charge on any atom is 0.160 e. The Bertz CT molecular complexity index is 634. The molecule has 0 bridgehead atoms. The minimum atomic E-state index is 0.523. The van der Waals surface area contributed by atoms with Crippen molar-refractivity contribution in [3.63, 3.8) is 0 Å². The lowest BCUT2D eigenvalue weighted by Crippen LogP contribution is -2.24. The van der Waals surface area contributed by atoms with Crippen molar-refractivity contribution in [2.45, 2.75) is 52.5 Å². The summed E-state index contributed by atoms with van der Waals surface area (Å²) in [7, 11) is 0. The molecule has 2 heterocycles. The monoisotopic (exact) mass is 305 g/mol. The molecular formula is C17H24ClN3. The number of pyridine rings is 1. The van der Waals surface area contributed by atoms with Crippen LogP contribution in [-0.2, 0) is 6.42 Å². The van der Waals surface area contributed by atoms with Crippen molar-refractivity contribution in [2.24, 2.45) is 11.8 Å². The second-order valence-corrected chi connectivity index (χ2v) is 6.99. The molecule has 3 nitrogen and oxygen atoms in total. The number of nitrogens with zero attached hydrogens (tertiary/aromatic N) is 3. The van der Waals surface area contributed by atoms with E-state index in [1.165, 1.54) is 19.3 Å². The van der Waals surface area contributed by atoms with Crippen LogP contribution in [0, 0.1) is 18.8 Å². The third-order valence-electron chi connectivity index (χ3n) is 4.99. The highest BCUT2D eigenvalue weighted by Gasteiger charge is 2.28. The lowest BCUT2D eigenvalue weighted by molar-refractivity contribution is 0.210. The molecule has 2 aromatic heterocycles. The Morgan fingerprint density at radius 1 is 1.29 bits per heavy atom. The summed E-state index contributed by atoms with van der Waals surface area (Å²) in [5, 5.41) is 0. The summed E-state index contributed by atoms with van der Waals surface area (Å²) >= 11 is 5.98. The van der Waals surface area contributed by atoms with Crippen molar-refractivity contribution < 1.29 is 0 Å². The van der Waals surface area contributed by atoms with Crippen LogP contribution in [-0.4, -0.2) is 20.4 Å². The molecule has 4 heteroatoms. The topological polar surface area (TPSA) is 30.7 Å². The largest absolute Gasteiger partial charge is 0.310 e. The number of aromatic nitrogens is 3. The molecule has 0 radical (unpaired) electrons. The van der Waals surface area contributed by atoms with Gasteiger partial charge in [0.15, 0.2) is 5.65 Å². The standard InChI is InChI=1S/C17H24ClN3/c1-11-8-15-17(19-10-11)21(16(20-15)6-7-18)14-5-4-12(2)13(3)9-14/h8,10,12-14H,4-7,9H2,1-3H3. The fourth-order valence-corrected chi connectivity index (χ4v) is 3.70. The Hall–Kier alpha value is -1.09. The minimum Gasteiger partial charge on any atom is -0.310 e. The van der Waals surface area contributed by atoms with Crippen molar-refractivity contribution in [3.05, 3.63) is 23.7 Å². The Morgan fingerprint density at radius 3 is 2.81 bits per heavy atom. The molecule has 3 atom stereocenters. The molecular weight excluding hydrogens is 282 g/mol. The quantitative estimate of drug-likeness (QED) is 0.781. The van der Waals surface area contributed by atoms with Crippen LogP contribution in [0.5, 0.6) is 0 Å². The van der Waals surface area contributed by atoms with Crippen LogP contribution in [0.3, 0.4) is 0 Å². The van der Waals surface area contributed by atoms with E-state index in [2.05, 4.69) is 36.4 Å². The van der Waals surface area contributed by atoms with Gasteiger partial charge in [-0.25, -0.2) is 9.97 Å². The Balaban J connectivity index is 2.04. The molecule has 0 spiro atoms. The van der Waals surface area contributed by atoms with Crippen LogP contribution >= 0.6 is 11.6 Å². The fraction of sp³-hybridized carbons (Fsp3) is 0.647. The first-order valence-corrected chi connectivity index (χ1v) is 8.53. The lowest BCUT2D eigenvalue weighted by atomic mass is 9.79. The van der Waals surface area contributed by atoms with Gasteiger partial charge in [-0.15, -0.1) is 11.6 Å². The van der Waals surface area contributed by atoms with Crippen LogP contribution in [0.15, 0.2) is 12.3 Å². The zero-order valence-corrected chi connectivity index (χ0v) is 13.9. The summed E-state index contributed by atoms with van der Waals surface area (Å²) in [5.41, 5.74) is 3.21. The average molecular weight is 306 g/mol. The molecule has 1 fully saturated rings. The Kier molecular flexibility index (Phi) is 4.21. The van der Waals surface area contributed by atoms with Crippen LogP contribution < -0.4 is 0 Å². The van der Waals surface area contributed by atoms with Gasteiger partial charge in [0.2, 0.25) is 0 Å². The fourth-order valence-electron chi connectivity index (χ4n) is 3.53. The number of fused-ring (bicyclic) bond motifs is 1. The highest BCUT2D eigenvalue weighted by molar-refractivity contribution is 6.17. The number of hydrogen-bond acceptors (Lipinski definition) is 2. The molecule has 0 aliphatic heterocycles. The summed E-state index contributed by atoms with van der Waals surface area (Å²) in [4.78, 5) is 9.46. The van der Waals surface area contributed by atoms with Crippen molar-refractivity contribution in [1.82, 2.24) is 14.5 Å². The van der Waals surface area contributed by atoms with Gasteiger partial charge in [0, 0.05) is 24.5 Å². The van der Waals surface area contributed by atoms with Gasteiger partial charge in [-0.3, -0.25) is 0 Å². The van der Waals surface area contributed by atoms with Crippen molar-refractivity contribution in [3.8, 4) is 0 Å². The van der Waals surface area contributed by atoms with Gasteiger partial charge in [-0.05, 0) is 49.7 Å². The molecule has 3 unspecified atom stereocenters. The molecule has 0 amide bonds. The second kappa shape index (κ2) is 5.96. The minimum absolute atomic E-state index is 0.523. The molecule has 1 aliphatic rings. The van der Waals surface area contributed by atoms with E-state index in [0.29, 0.717) is 11.9 Å². The summed E-state index contributed by atoms with van der Waals surface area (Å²) in [6.07, 6.45) is 6.49. The van der Waals surface area contributed by atoms with Gasteiger partial charge in [-0.1, -0.05) is 13.8 Å². The molecule has 3 rings (SSSR count). The number of hydrogen-bond donors (Lipinski definition) is 0. The van der Waals surface area contributed by atoms with Gasteiger partial charge in [-0.2, -0.15) is 0 Å². The third-order valence-corrected chi connectivity index (χ3v) is 5.18. The zero-order valence-electron chi connectivity index (χ0n) is 13.1. The van der Waals surface area contributed by atoms with Crippen molar-refractivity contribution >= 4 is 22.8 Å². The van der Waals surface area contributed by atoms with Crippen LogP contribution in [0.4, 0.5) is 0 Å². The molecule has 0 N–H and O–H groups in total. The van der Waals surface area contributed by atoms with E-state index in [4.69, 9.17) is 16.6 Å². The summed E-state index contributed by atoms with van der Waals surface area (Å²) < 4.78 is 2.37. The predicted octanol–water partition coefficient (Wildman–Crippen LogP) is 4.52. The number of alkyl halides is 1. The number of aryl methyl sites for hydroxylation is 2. The summed E-state index contributed by atoms with van der Waals surface area (Å²) in [6.45, 7) is 6.81. The molecule has 1 saturated carbocycles. The normalized spacial score (nSPS) is 26.4. The Morgan fingerprint density at radius 2 is 2.10 bits per heavy atom. The zero-order chi connectivity index (χ0) is 15.0. The smallest absolute Gasteiger partial charge is 0.160 e. The predicted molar refractivity (Wildman–Crippen MR) is 87.9 cm³/mol. The average Bonchev–Trinajstić information content (AvgIpc) is 2.79. The lowest BCUT2D eigenvalue weighted by Gasteiger charge is -2.33. The first kappa shape index (κ1) is 14.8. The number of halogens is 1. The summed E-state index contributed by atoms with van der Waals surface area (Å²) in [6, 6.07) is 2.65.